The molecule has 3 heteroatoms. The van der Waals surface area contributed by atoms with Crippen molar-refractivity contribution >= 4 is 17.0 Å². The van der Waals surface area contributed by atoms with Gasteiger partial charge in [-0.15, -0.1) is 11.3 Å². The van der Waals surface area contributed by atoms with Crippen molar-refractivity contribution in [2.75, 3.05) is 0 Å². The number of benzene rings is 3. The molecule has 0 aliphatic rings. The molecule has 0 atom stereocenters. The molecule has 0 saturated heterocycles. The zero-order valence-corrected chi connectivity index (χ0v) is 18.7. The van der Waals surface area contributed by atoms with Gasteiger partial charge in [-0.25, -0.2) is 4.99 Å². The Kier molecular flexibility index (Phi) is 6.29. The van der Waals surface area contributed by atoms with Crippen LogP contribution in [0.1, 0.15) is 36.5 Å². The molecule has 4 rings (SSSR count). The molecule has 0 radical (unpaired) electrons. The summed E-state index contributed by atoms with van der Waals surface area (Å²) in [7, 11) is 0. The van der Waals surface area contributed by atoms with Crippen LogP contribution in [0.15, 0.2) is 89.2 Å². The molecule has 0 aliphatic heterocycles. The lowest BCUT2D eigenvalue weighted by molar-refractivity contribution is 0.684. The van der Waals surface area contributed by atoms with Gasteiger partial charge in [-0.3, -0.25) is 0 Å². The first-order valence-corrected chi connectivity index (χ1v) is 11.4. The molecule has 2 nitrogen and oxygen atoms in total. The second-order valence-electron chi connectivity index (χ2n) is 7.97. The van der Waals surface area contributed by atoms with Crippen LogP contribution in [0.4, 0.5) is 5.69 Å². The van der Waals surface area contributed by atoms with E-state index in [-0.39, 0.29) is 0 Å². The quantitative estimate of drug-likeness (QED) is 0.321. The summed E-state index contributed by atoms with van der Waals surface area (Å²) in [6, 6.07) is 28.0. The third-order valence-electron chi connectivity index (χ3n) is 5.47. The van der Waals surface area contributed by atoms with Crippen LogP contribution >= 0.6 is 11.3 Å². The summed E-state index contributed by atoms with van der Waals surface area (Å²) in [5.74, 6) is 0.540. The monoisotopic (exact) mass is 412 g/mol. The van der Waals surface area contributed by atoms with Crippen LogP contribution < -0.4 is 4.80 Å². The number of hydrogen-bond donors (Lipinski definition) is 0. The van der Waals surface area contributed by atoms with Crippen LogP contribution in [0, 0.1) is 6.92 Å². The first kappa shape index (κ1) is 20.4. The van der Waals surface area contributed by atoms with Gasteiger partial charge in [0, 0.05) is 11.9 Å². The van der Waals surface area contributed by atoms with Gasteiger partial charge in [-0.05, 0) is 47.6 Å². The maximum Gasteiger partial charge on any atom is 0.190 e. The molecule has 1 aromatic heterocycles. The lowest BCUT2D eigenvalue weighted by Crippen LogP contribution is -2.17. The van der Waals surface area contributed by atoms with E-state index >= 15 is 0 Å². The van der Waals surface area contributed by atoms with Gasteiger partial charge in [0.1, 0.15) is 0 Å². The molecular formula is C27H28N2S. The number of hydrogen-bond acceptors (Lipinski definition) is 2. The number of nitrogens with zero attached hydrogens (tertiary/aromatic N) is 2. The molecule has 0 unspecified atom stereocenters. The zero-order chi connectivity index (χ0) is 20.9. The van der Waals surface area contributed by atoms with Crippen molar-refractivity contribution in [3.05, 3.63) is 106 Å². The number of para-hydroxylation sites is 1. The van der Waals surface area contributed by atoms with Crippen molar-refractivity contribution in [3.8, 4) is 11.3 Å². The van der Waals surface area contributed by atoms with Crippen LogP contribution in [-0.4, -0.2) is 4.57 Å². The highest BCUT2D eigenvalue weighted by Crippen LogP contribution is 2.24. The molecule has 4 aromatic rings. The highest BCUT2D eigenvalue weighted by atomic mass is 32.1. The van der Waals surface area contributed by atoms with Gasteiger partial charge in [-0.1, -0.05) is 86.6 Å². The van der Waals surface area contributed by atoms with E-state index in [1.807, 2.05) is 0 Å². The van der Waals surface area contributed by atoms with E-state index in [4.69, 9.17) is 4.99 Å². The van der Waals surface area contributed by atoms with E-state index in [0.717, 1.165) is 23.5 Å². The summed E-state index contributed by atoms with van der Waals surface area (Å²) in [5.41, 5.74) is 7.43. The summed E-state index contributed by atoms with van der Waals surface area (Å²) < 4.78 is 2.37. The summed E-state index contributed by atoms with van der Waals surface area (Å²) >= 11 is 1.72. The molecule has 0 spiro atoms. The van der Waals surface area contributed by atoms with Crippen LogP contribution in [-0.2, 0) is 13.0 Å². The third kappa shape index (κ3) is 4.63. The van der Waals surface area contributed by atoms with E-state index in [9.17, 15) is 0 Å². The normalized spacial score (nSPS) is 11.9. The van der Waals surface area contributed by atoms with Gasteiger partial charge in [0.2, 0.25) is 0 Å². The van der Waals surface area contributed by atoms with Crippen molar-refractivity contribution < 1.29 is 0 Å². The minimum atomic E-state index is 0.540. The Bertz CT molecular complexity index is 1170. The smallest absolute Gasteiger partial charge is 0.190 e. The Labute approximate surface area is 183 Å². The standard InChI is InChI=1S/C27H28N2S/c1-20(2)23-13-15-24(16-14-23)26-19-30-27(28-25-12-8-7-9-21(25)3)29(26)18-17-22-10-5-4-6-11-22/h4-16,19-20H,17-18H2,1-3H3. The Balaban J connectivity index is 1.76. The van der Waals surface area contributed by atoms with Crippen molar-refractivity contribution in [1.29, 1.82) is 0 Å². The summed E-state index contributed by atoms with van der Waals surface area (Å²) in [6.45, 7) is 7.49. The first-order valence-electron chi connectivity index (χ1n) is 10.5. The van der Waals surface area contributed by atoms with Gasteiger partial charge in [-0.2, -0.15) is 0 Å². The molecule has 3 aromatic carbocycles. The van der Waals surface area contributed by atoms with E-state index in [1.165, 1.54) is 27.9 Å². The van der Waals surface area contributed by atoms with Crippen molar-refractivity contribution in [1.82, 2.24) is 4.57 Å². The van der Waals surface area contributed by atoms with Gasteiger partial charge >= 0.3 is 0 Å². The predicted molar refractivity (Wildman–Crippen MR) is 128 cm³/mol. The third-order valence-corrected chi connectivity index (χ3v) is 6.33. The van der Waals surface area contributed by atoms with Crippen LogP contribution in [0.2, 0.25) is 0 Å². The Morgan fingerprint density at radius 1 is 0.867 bits per heavy atom. The minimum Gasteiger partial charge on any atom is -0.316 e. The number of thiazole rings is 1. The van der Waals surface area contributed by atoms with E-state index in [1.54, 1.807) is 11.3 Å². The SMILES string of the molecule is Cc1ccccc1N=c1scc(-c2ccc(C(C)C)cc2)n1CCc1ccccc1. The van der Waals surface area contributed by atoms with Gasteiger partial charge < -0.3 is 4.57 Å². The molecule has 152 valence electrons. The van der Waals surface area contributed by atoms with Crippen molar-refractivity contribution in [3.63, 3.8) is 0 Å². The van der Waals surface area contributed by atoms with Gasteiger partial charge in [0.25, 0.3) is 0 Å². The molecule has 0 fully saturated rings. The number of rotatable bonds is 6. The first-order chi connectivity index (χ1) is 14.6. The van der Waals surface area contributed by atoms with Gasteiger partial charge in [0.05, 0.1) is 11.4 Å². The number of aromatic nitrogens is 1. The maximum atomic E-state index is 5.03. The fraction of sp³-hybridized carbons (Fsp3) is 0.222. The average molecular weight is 413 g/mol. The summed E-state index contributed by atoms with van der Waals surface area (Å²) in [5, 5.41) is 2.24. The average Bonchev–Trinajstić information content (AvgIpc) is 3.17. The highest BCUT2D eigenvalue weighted by Gasteiger charge is 2.10. The molecule has 0 aliphatic carbocycles. The Morgan fingerprint density at radius 2 is 1.57 bits per heavy atom. The second-order valence-corrected chi connectivity index (χ2v) is 8.80. The molecule has 0 N–H and O–H groups in total. The largest absolute Gasteiger partial charge is 0.316 e. The van der Waals surface area contributed by atoms with E-state index in [0.29, 0.717) is 5.92 Å². The summed E-state index contributed by atoms with van der Waals surface area (Å²) in [6.07, 6.45) is 0.982. The summed E-state index contributed by atoms with van der Waals surface area (Å²) in [4.78, 5) is 6.07. The lowest BCUT2D eigenvalue weighted by Gasteiger charge is -2.11. The van der Waals surface area contributed by atoms with Gasteiger partial charge in [0.15, 0.2) is 4.80 Å². The van der Waals surface area contributed by atoms with Crippen LogP contribution in [0.5, 0.6) is 0 Å². The lowest BCUT2D eigenvalue weighted by atomic mass is 10.0. The molecular weight excluding hydrogens is 384 g/mol. The van der Waals surface area contributed by atoms with E-state index < -0.39 is 0 Å². The maximum absolute atomic E-state index is 5.03. The molecule has 0 amide bonds. The number of aryl methyl sites for hydroxylation is 2. The topological polar surface area (TPSA) is 17.3 Å². The van der Waals surface area contributed by atoms with Crippen molar-refractivity contribution in [2.24, 2.45) is 4.99 Å². The van der Waals surface area contributed by atoms with Crippen molar-refractivity contribution in [2.45, 2.75) is 39.7 Å². The minimum absolute atomic E-state index is 0.540. The van der Waals surface area contributed by atoms with Crippen LogP contribution in [0.3, 0.4) is 0 Å². The molecule has 30 heavy (non-hydrogen) atoms. The molecule has 1 heterocycles. The molecule has 0 bridgehead atoms. The fourth-order valence-electron chi connectivity index (χ4n) is 3.58. The van der Waals surface area contributed by atoms with Crippen LogP contribution in [0.25, 0.3) is 11.3 Å². The second kappa shape index (κ2) is 9.27. The molecule has 0 saturated carbocycles. The Hall–Kier alpha value is -2.91. The zero-order valence-electron chi connectivity index (χ0n) is 17.9. The fourth-order valence-corrected chi connectivity index (χ4v) is 4.53. The highest BCUT2D eigenvalue weighted by molar-refractivity contribution is 7.07. The van der Waals surface area contributed by atoms with E-state index in [2.05, 4.69) is 110 Å². The Morgan fingerprint density at radius 3 is 2.27 bits per heavy atom. The predicted octanol–water partition coefficient (Wildman–Crippen LogP) is 7.12.